The Hall–Kier alpha value is -1.76. The van der Waals surface area contributed by atoms with Gasteiger partial charge in [-0.15, -0.1) is 0 Å². The van der Waals surface area contributed by atoms with Crippen LogP contribution in [-0.2, 0) is 6.54 Å². The van der Waals surface area contributed by atoms with Gasteiger partial charge in [-0.25, -0.2) is 4.39 Å². The lowest BCUT2D eigenvalue weighted by Gasteiger charge is -2.04. The second kappa shape index (κ2) is 5.05. The third kappa shape index (κ3) is 2.68. The fourth-order valence-corrected chi connectivity index (χ4v) is 1.57. The van der Waals surface area contributed by atoms with Gasteiger partial charge >= 0.3 is 0 Å². The molecule has 0 unspecified atom stereocenters. The summed E-state index contributed by atoms with van der Waals surface area (Å²) in [6, 6.07) is 4.49. The fourth-order valence-electron chi connectivity index (χ4n) is 1.20. The van der Waals surface area contributed by atoms with Crippen molar-refractivity contribution < 1.29 is 13.7 Å². The average Bonchev–Trinajstić information content (AvgIpc) is 2.82. The Bertz CT molecular complexity index is 530. The maximum absolute atomic E-state index is 13.6. The van der Waals surface area contributed by atoms with Crippen LogP contribution in [0, 0.1) is 5.82 Å². The zero-order valence-electron chi connectivity index (χ0n) is 8.48. The highest BCUT2D eigenvalue weighted by molar-refractivity contribution is 9.10. The molecule has 17 heavy (non-hydrogen) atoms. The summed E-state index contributed by atoms with van der Waals surface area (Å²) in [6.07, 6.45) is 1.15. The van der Waals surface area contributed by atoms with Gasteiger partial charge < -0.3 is 9.84 Å². The number of aromatic nitrogens is 2. The predicted octanol–water partition coefficient (Wildman–Crippen LogP) is 1.90. The van der Waals surface area contributed by atoms with E-state index in [1.54, 1.807) is 6.07 Å². The van der Waals surface area contributed by atoms with Crippen LogP contribution in [0.25, 0.3) is 0 Å². The van der Waals surface area contributed by atoms with Crippen molar-refractivity contribution in [2.24, 2.45) is 0 Å². The molecule has 1 aromatic heterocycles. The standard InChI is InChI=1S/C10H7BrFN3O2/c11-7-3-1-2-6(9(7)12)10(16)13-4-8-14-5-17-15-8/h1-3,5H,4H2,(H,13,16). The zero-order chi connectivity index (χ0) is 12.3. The number of nitrogens with zero attached hydrogens (tertiary/aromatic N) is 2. The van der Waals surface area contributed by atoms with Crippen LogP contribution in [0.3, 0.4) is 0 Å². The second-order valence-electron chi connectivity index (χ2n) is 3.13. The lowest BCUT2D eigenvalue weighted by atomic mass is 10.2. The van der Waals surface area contributed by atoms with E-state index in [9.17, 15) is 9.18 Å². The van der Waals surface area contributed by atoms with Gasteiger partial charge in [-0.3, -0.25) is 4.79 Å². The van der Waals surface area contributed by atoms with E-state index < -0.39 is 11.7 Å². The average molecular weight is 300 g/mol. The molecule has 0 aliphatic carbocycles. The van der Waals surface area contributed by atoms with Crippen molar-refractivity contribution in [3.8, 4) is 0 Å². The molecule has 0 aliphatic rings. The van der Waals surface area contributed by atoms with E-state index in [4.69, 9.17) is 0 Å². The molecule has 1 heterocycles. The normalized spacial score (nSPS) is 10.2. The van der Waals surface area contributed by atoms with Crippen LogP contribution in [0.4, 0.5) is 4.39 Å². The molecule has 5 nitrogen and oxygen atoms in total. The summed E-state index contributed by atoms with van der Waals surface area (Å²) in [7, 11) is 0. The summed E-state index contributed by atoms with van der Waals surface area (Å²) >= 11 is 3.01. The van der Waals surface area contributed by atoms with Crippen molar-refractivity contribution in [2.45, 2.75) is 6.54 Å². The molecule has 1 aromatic carbocycles. The van der Waals surface area contributed by atoms with Gasteiger partial charge in [0.05, 0.1) is 16.6 Å². The first kappa shape index (κ1) is 11.7. The van der Waals surface area contributed by atoms with Crippen molar-refractivity contribution >= 4 is 21.8 Å². The monoisotopic (exact) mass is 299 g/mol. The molecule has 0 atom stereocenters. The predicted molar refractivity (Wildman–Crippen MR) is 59.6 cm³/mol. The molecular weight excluding hydrogens is 293 g/mol. The number of nitrogens with one attached hydrogen (secondary N) is 1. The third-order valence-electron chi connectivity index (χ3n) is 2.01. The van der Waals surface area contributed by atoms with Crippen LogP contribution in [-0.4, -0.2) is 16.0 Å². The Morgan fingerprint density at radius 2 is 2.35 bits per heavy atom. The lowest BCUT2D eigenvalue weighted by Crippen LogP contribution is -2.24. The number of rotatable bonds is 3. The highest BCUT2D eigenvalue weighted by Crippen LogP contribution is 2.18. The lowest BCUT2D eigenvalue weighted by molar-refractivity contribution is 0.0945. The van der Waals surface area contributed by atoms with Crippen molar-refractivity contribution in [3.63, 3.8) is 0 Å². The Kier molecular flexibility index (Phi) is 3.48. The maximum atomic E-state index is 13.6. The van der Waals surface area contributed by atoms with Gasteiger partial charge in [-0.2, -0.15) is 4.98 Å². The van der Waals surface area contributed by atoms with Crippen LogP contribution in [0.15, 0.2) is 33.6 Å². The molecule has 0 spiro atoms. The first-order valence-electron chi connectivity index (χ1n) is 4.66. The molecule has 88 valence electrons. The molecule has 2 rings (SSSR count). The number of halogens is 2. The van der Waals surface area contributed by atoms with Crippen molar-refractivity contribution in [1.29, 1.82) is 0 Å². The summed E-state index contributed by atoms with van der Waals surface area (Å²) in [5.74, 6) is -0.805. The Balaban J connectivity index is 2.07. The van der Waals surface area contributed by atoms with E-state index in [1.165, 1.54) is 12.1 Å². The van der Waals surface area contributed by atoms with Crippen molar-refractivity contribution in [3.05, 3.63) is 46.3 Å². The number of hydrogen-bond donors (Lipinski definition) is 1. The van der Waals surface area contributed by atoms with Gasteiger partial charge in [0.25, 0.3) is 5.91 Å². The molecule has 1 N–H and O–H groups in total. The molecule has 0 saturated carbocycles. The molecular formula is C10H7BrFN3O2. The smallest absolute Gasteiger partial charge is 0.254 e. The topological polar surface area (TPSA) is 68.0 Å². The van der Waals surface area contributed by atoms with E-state index in [0.717, 1.165) is 6.39 Å². The van der Waals surface area contributed by atoms with Crippen LogP contribution < -0.4 is 5.32 Å². The van der Waals surface area contributed by atoms with Gasteiger partial charge in [-0.1, -0.05) is 11.2 Å². The van der Waals surface area contributed by atoms with E-state index in [1.807, 2.05) is 0 Å². The molecule has 7 heteroatoms. The van der Waals surface area contributed by atoms with Gasteiger partial charge in [0.1, 0.15) is 5.82 Å². The third-order valence-corrected chi connectivity index (χ3v) is 2.62. The summed E-state index contributed by atoms with van der Waals surface area (Å²) in [4.78, 5) is 15.4. The minimum absolute atomic E-state index is 0.0390. The Morgan fingerprint density at radius 1 is 1.53 bits per heavy atom. The highest BCUT2D eigenvalue weighted by atomic mass is 79.9. The Labute approximate surface area is 104 Å². The van der Waals surface area contributed by atoms with Gasteiger partial charge in [0.2, 0.25) is 6.39 Å². The Morgan fingerprint density at radius 3 is 3.06 bits per heavy atom. The largest absolute Gasteiger partial charge is 0.345 e. The summed E-state index contributed by atoms with van der Waals surface area (Å²) in [5.41, 5.74) is -0.0390. The zero-order valence-corrected chi connectivity index (χ0v) is 10.1. The van der Waals surface area contributed by atoms with E-state index in [0.29, 0.717) is 5.82 Å². The molecule has 0 saturated heterocycles. The molecule has 0 fully saturated rings. The van der Waals surface area contributed by atoms with Gasteiger partial charge in [-0.05, 0) is 28.1 Å². The summed E-state index contributed by atoms with van der Waals surface area (Å²) in [6.45, 7) is 0.0846. The molecule has 0 aliphatic heterocycles. The number of benzene rings is 1. The fraction of sp³-hybridized carbons (Fsp3) is 0.100. The first-order chi connectivity index (χ1) is 8.18. The van der Waals surface area contributed by atoms with Crippen LogP contribution in [0.5, 0.6) is 0 Å². The maximum Gasteiger partial charge on any atom is 0.254 e. The van der Waals surface area contributed by atoms with Crippen LogP contribution >= 0.6 is 15.9 Å². The minimum atomic E-state index is -0.599. The number of amides is 1. The van der Waals surface area contributed by atoms with Crippen molar-refractivity contribution in [2.75, 3.05) is 0 Å². The highest BCUT2D eigenvalue weighted by Gasteiger charge is 2.13. The quantitative estimate of drug-likeness (QED) is 0.940. The van der Waals surface area contributed by atoms with Crippen LogP contribution in [0.1, 0.15) is 16.2 Å². The minimum Gasteiger partial charge on any atom is -0.345 e. The van der Waals surface area contributed by atoms with Gasteiger partial charge in [0, 0.05) is 0 Å². The molecule has 0 bridgehead atoms. The molecule has 1 amide bonds. The SMILES string of the molecule is O=C(NCc1ncon1)c1cccc(Br)c1F. The second-order valence-corrected chi connectivity index (χ2v) is 3.99. The van der Waals surface area contributed by atoms with E-state index in [2.05, 4.69) is 35.9 Å². The van der Waals surface area contributed by atoms with Crippen molar-refractivity contribution in [1.82, 2.24) is 15.5 Å². The summed E-state index contributed by atoms with van der Waals surface area (Å²) in [5, 5.41) is 6.00. The van der Waals surface area contributed by atoms with Crippen LogP contribution in [0.2, 0.25) is 0 Å². The molecule has 0 radical (unpaired) electrons. The number of carbonyl (C=O) groups is 1. The number of hydrogen-bond acceptors (Lipinski definition) is 4. The first-order valence-corrected chi connectivity index (χ1v) is 5.45. The van der Waals surface area contributed by atoms with E-state index in [-0.39, 0.29) is 16.6 Å². The number of carbonyl (C=O) groups excluding carboxylic acids is 1. The molecule has 2 aromatic rings. The van der Waals surface area contributed by atoms with E-state index >= 15 is 0 Å². The summed E-state index contributed by atoms with van der Waals surface area (Å²) < 4.78 is 18.3. The van der Waals surface area contributed by atoms with Gasteiger partial charge in [0.15, 0.2) is 5.82 Å².